The minimum Gasteiger partial charge on any atom is -0.497 e. The zero-order valence-electron chi connectivity index (χ0n) is 15.1. The van der Waals surface area contributed by atoms with Crippen LogP contribution in [0.25, 0.3) is 10.9 Å². The number of benzene rings is 1. The minimum atomic E-state index is 0.725. The molecule has 4 bridgehead atoms. The van der Waals surface area contributed by atoms with E-state index < -0.39 is 0 Å². The molecule has 3 fully saturated rings. The van der Waals surface area contributed by atoms with E-state index in [4.69, 9.17) is 4.74 Å². The number of aryl methyl sites for hydroxylation is 1. The molecule has 6 rings (SSSR count). The first-order chi connectivity index (χ1) is 11.7. The van der Waals surface area contributed by atoms with Gasteiger partial charge in [0.2, 0.25) is 0 Å². The highest BCUT2D eigenvalue weighted by Gasteiger charge is 2.49. The summed E-state index contributed by atoms with van der Waals surface area (Å²) in [7, 11) is 4.05. The van der Waals surface area contributed by atoms with Crippen molar-refractivity contribution in [1.29, 1.82) is 0 Å². The Morgan fingerprint density at radius 1 is 1.25 bits per heavy atom. The second-order valence-corrected chi connectivity index (χ2v) is 8.15. The van der Waals surface area contributed by atoms with Gasteiger partial charge in [-0.1, -0.05) is 13.3 Å². The smallest absolute Gasteiger partial charge is 0.119 e. The quantitative estimate of drug-likeness (QED) is 0.832. The van der Waals surface area contributed by atoms with Gasteiger partial charge < -0.3 is 9.30 Å². The third-order valence-electron chi connectivity index (χ3n) is 7.12. The maximum Gasteiger partial charge on any atom is 0.119 e. The first-order valence-electron chi connectivity index (χ1n) is 9.60. The van der Waals surface area contributed by atoms with Crippen LogP contribution < -0.4 is 4.74 Å². The largest absolute Gasteiger partial charge is 0.497 e. The Hall–Kier alpha value is -1.48. The Labute approximate surface area is 144 Å². The molecule has 1 saturated carbocycles. The van der Waals surface area contributed by atoms with E-state index in [1.807, 2.05) is 0 Å². The minimum absolute atomic E-state index is 0.725. The molecule has 0 amide bonds. The Morgan fingerprint density at radius 3 is 2.92 bits per heavy atom. The number of rotatable bonds is 2. The fraction of sp³-hybridized carbons (Fsp3) is 0.619. The summed E-state index contributed by atoms with van der Waals surface area (Å²) in [6.07, 6.45) is 5.38. The third-order valence-corrected chi connectivity index (χ3v) is 7.12. The van der Waals surface area contributed by atoms with Gasteiger partial charge in [0.05, 0.1) is 7.11 Å². The number of methoxy groups -OCH3 is 1. The van der Waals surface area contributed by atoms with E-state index in [1.165, 1.54) is 49.7 Å². The van der Waals surface area contributed by atoms with Crippen LogP contribution in [0.2, 0.25) is 0 Å². The maximum atomic E-state index is 5.50. The van der Waals surface area contributed by atoms with E-state index in [0.717, 1.165) is 29.5 Å². The number of nitrogens with zero attached hydrogens (tertiary/aromatic N) is 2. The van der Waals surface area contributed by atoms with Crippen LogP contribution >= 0.6 is 0 Å². The molecule has 24 heavy (non-hydrogen) atoms. The number of ether oxygens (including phenoxy) is 1. The van der Waals surface area contributed by atoms with Gasteiger partial charge in [0, 0.05) is 48.7 Å². The van der Waals surface area contributed by atoms with Crippen LogP contribution in [0.5, 0.6) is 5.75 Å². The van der Waals surface area contributed by atoms with Crippen LogP contribution in [0.15, 0.2) is 18.2 Å². The van der Waals surface area contributed by atoms with E-state index in [1.54, 1.807) is 18.4 Å². The van der Waals surface area contributed by atoms with E-state index >= 15 is 0 Å². The zero-order chi connectivity index (χ0) is 16.4. The SMILES string of the molecule is CC[C@@H]1C[C@@H]2C[C@H]3c4c(c5cc(OC)ccc5n4C)CCN(C2)[C@H]13. The molecule has 5 atom stereocenters. The number of aromatic nitrogens is 1. The predicted molar refractivity (Wildman–Crippen MR) is 97.8 cm³/mol. The summed E-state index contributed by atoms with van der Waals surface area (Å²) in [6.45, 7) is 4.97. The van der Waals surface area contributed by atoms with Crippen molar-refractivity contribution in [2.45, 2.75) is 44.6 Å². The molecule has 0 radical (unpaired) electrons. The Kier molecular flexibility index (Phi) is 3.25. The molecule has 3 aliphatic heterocycles. The molecule has 4 aliphatic rings. The first kappa shape index (κ1) is 14.8. The lowest BCUT2D eigenvalue weighted by molar-refractivity contribution is -0.0140. The highest BCUT2D eigenvalue weighted by Crippen LogP contribution is 2.51. The second-order valence-electron chi connectivity index (χ2n) is 8.15. The molecule has 4 heterocycles. The van der Waals surface area contributed by atoms with Crippen molar-refractivity contribution in [2.75, 3.05) is 20.2 Å². The van der Waals surface area contributed by atoms with Crippen LogP contribution in [-0.4, -0.2) is 35.7 Å². The number of fused-ring (bicyclic) bond motifs is 4. The van der Waals surface area contributed by atoms with Crippen LogP contribution in [0, 0.1) is 11.8 Å². The van der Waals surface area contributed by atoms with Crippen molar-refractivity contribution < 1.29 is 4.74 Å². The summed E-state index contributed by atoms with van der Waals surface area (Å²) >= 11 is 0. The molecule has 1 aliphatic carbocycles. The molecule has 0 N–H and O–H groups in total. The van der Waals surface area contributed by atoms with E-state index in [-0.39, 0.29) is 0 Å². The Morgan fingerprint density at radius 2 is 2.12 bits per heavy atom. The number of hydrogen-bond acceptors (Lipinski definition) is 2. The van der Waals surface area contributed by atoms with Crippen molar-refractivity contribution >= 4 is 10.9 Å². The van der Waals surface area contributed by atoms with Crippen molar-refractivity contribution in [1.82, 2.24) is 9.47 Å². The van der Waals surface area contributed by atoms with Gasteiger partial charge in [-0.2, -0.15) is 0 Å². The molecule has 1 unspecified atom stereocenters. The lowest BCUT2D eigenvalue weighted by Crippen LogP contribution is -2.56. The third kappa shape index (κ3) is 1.88. The number of hydrogen-bond donors (Lipinski definition) is 0. The maximum absolute atomic E-state index is 5.50. The molecule has 1 aromatic heterocycles. The topological polar surface area (TPSA) is 17.4 Å². The summed E-state index contributed by atoms with van der Waals surface area (Å²) in [5, 5.41) is 1.42. The van der Waals surface area contributed by atoms with Crippen LogP contribution in [0.1, 0.15) is 43.4 Å². The lowest BCUT2D eigenvalue weighted by Gasteiger charge is -2.53. The van der Waals surface area contributed by atoms with Gasteiger partial charge >= 0.3 is 0 Å². The van der Waals surface area contributed by atoms with Crippen LogP contribution in [-0.2, 0) is 13.5 Å². The average molecular weight is 324 g/mol. The fourth-order valence-electron chi connectivity index (χ4n) is 6.21. The zero-order valence-corrected chi connectivity index (χ0v) is 15.1. The normalized spacial score (nSPS) is 34.2. The molecule has 1 aromatic carbocycles. The van der Waals surface area contributed by atoms with E-state index in [0.29, 0.717) is 0 Å². The second kappa shape index (κ2) is 5.26. The van der Waals surface area contributed by atoms with Crippen LogP contribution in [0.3, 0.4) is 0 Å². The molecular weight excluding hydrogens is 296 g/mol. The summed E-state index contributed by atoms with van der Waals surface area (Å²) in [5.41, 5.74) is 4.61. The van der Waals surface area contributed by atoms with Crippen molar-refractivity contribution in [3.8, 4) is 5.75 Å². The summed E-state index contributed by atoms with van der Waals surface area (Å²) in [4.78, 5) is 2.84. The summed E-state index contributed by atoms with van der Waals surface area (Å²) in [6, 6.07) is 7.38. The van der Waals surface area contributed by atoms with Gasteiger partial charge in [0.25, 0.3) is 0 Å². The van der Waals surface area contributed by atoms with Gasteiger partial charge in [-0.25, -0.2) is 0 Å². The van der Waals surface area contributed by atoms with E-state index in [2.05, 4.69) is 41.6 Å². The monoisotopic (exact) mass is 324 g/mol. The van der Waals surface area contributed by atoms with Gasteiger partial charge in [-0.3, -0.25) is 4.90 Å². The van der Waals surface area contributed by atoms with Crippen LogP contribution in [0.4, 0.5) is 0 Å². The van der Waals surface area contributed by atoms with Gasteiger partial charge in [-0.15, -0.1) is 0 Å². The highest BCUT2D eigenvalue weighted by molar-refractivity contribution is 5.87. The average Bonchev–Trinajstić information content (AvgIpc) is 2.83. The fourth-order valence-corrected chi connectivity index (χ4v) is 6.21. The van der Waals surface area contributed by atoms with Gasteiger partial charge in [0.15, 0.2) is 0 Å². The Bertz CT molecular complexity index is 793. The number of piperidine rings is 2. The molecule has 2 aromatic rings. The molecule has 0 spiro atoms. The van der Waals surface area contributed by atoms with Gasteiger partial charge in [0.1, 0.15) is 5.75 Å². The molecule has 128 valence electrons. The van der Waals surface area contributed by atoms with Gasteiger partial charge in [-0.05, 0) is 54.9 Å². The van der Waals surface area contributed by atoms with E-state index in [9.17, 15) is 0 Å². The standard InChI is InChI=1S/C21H28N2O/c1-4-14-9-13-10-18-20(14)23(12-13)8-7-16-17-11-15(24-3)5-6-19(17)22(2)21(16)18/h5-6,11,13-14,18,20H,4,7-10,12H2,1-3H3/t13-,14-,18-,20-/m1/s1. The summed E-state index contributed by atoms with van der Waals surface area (Å²) < 4.78 is 8.01. The highest BCUT2D eigenvalue weighted by atomic mass is 16.5. The van der Waals surface area contributed by atoms with Crippen molar-refractivity contribution in [3.05, 3.63) is 29.5 Å². The molecule has 3 nitrogen and oxygen atoms in total. The first-order valence-corrected chi connectivity index (χ1v) is 9.60. The molecular formula is C21H28N2O. The summed E-state index contributed by atoms with van der Waals surface area (Å²) in [5.74, 6) is 3.50. The Balaban J connectivity index is 1.71. The molecule has 2 saturated heterocycles. The lowest BCUT2D eigenvalue weighted by atomic mass is 9.65. The van der Waals surface area contributed by atoms with Crippen molar-refractivity contribution in [3.63, 3.8) is 0 Å². The predicted octanol–water partition coefficient (Wildman–Crippen LogP) is 3.95. The van der Waals surface area contributed by atoms with Crippen molar-refractivity contribution in [2.24, 2.45) is 18.9 Å². The molecule has 3 heteroatoms.